The van der Waals surface area contributed by atoms with E-state index in [0.29, 0.717) is 11.3 Å². The molecule has 0 bridgehead atoms. The van der Waals surface area contributed by atoms with E-state index in [1.54, 1.807) is 24.3 Å². The molecule has 0 aromatic heterocycles. The van der Waals surface area contributed by atoms with Crippen LogP contribution < -0.4 is 0 Å². The topological polar surface area (TPSA) is 38.7 Å². The highest BCUT2D eigenvalue weighted by Crippen LogP contribution is 2.19. The zero-order valence-corrected chi connectivity index (χ0v) is 12.2. The van der Waals surface area contributed by atoms with Gasteiger partial charge in [0, 0.05) is 5.56 Å². The lowest BCUT2D eigenvalue weighted by Crippen LogP contribution is -2.04. The van der Waals surface area contributed by atoms with E-state index in [2.05, 4.69) is 5.16 Å². The molecule has 0 heterocycles. The summed E-state index contributed by atoms with van der Waals surface area (Å²) in [6, 6.07) is 22.9. The normalized spacial score (nSPS) is 11.4. The van der Waals surface area contributed by atoms with Crippen molar-refractivity contribution in [3.63, 3.8) is 0 Å². The number of fused-ring (bicyclic) bond motifs is 1. The number of rotatable bonds is 3. The summed E-state index contributed by atoms with van der Waals surface area (Å²) in [6.45, 7) is 1.83. The molecule has 0 fully saturated rings. The number of benzene rings is 3. The van der Waals surface area contributed by atoms with Crippen LogP contribution in [0, 0.1) is 0 Å². The minimum Gasteiger partial charge on any atom is -0.313 e. The Labute approximate surface area is 128 Å². The lowest BCUT2D eigenvalue weighted by molar-refractivity contribution is 0.0516. The van der Waals surface area contributed by atoms with Crippen molar-refractivity contribution in [2.45, 2.75) is 6.92 Å². The lowest BCUT2D eigenvalue weighted by atomic mass is 10.0. The highest BCUT2D eigenvalue weighted by molar-refractivity contribution is 6.09. The second kappa shape index (κ2) is 6.22. The molecule has 0 aliphatic rings. The van der Waals surface area contributed by atoms with E-state index in [-0.39, 0.29) is 0 Å². The molecule has 0 spiro atoms. The van der Waals surface area contributed by atoms with E-state index in [1.165, 1.54) is 0 Å². The minimum absolute atomic E-state index is 0.458. The smallest absolute Gasteiger partial charge is 0.313 e. The van der Waals surface area contributed by atoms with Gasteiger partial charge in [0.1, 0.15) is 0 Å². The second-order valence-electron chi connectivity index (χ2n) is 4.95. The van der Waals surface area contributed by atoms with Crippen LogP contribution in [-0.4, -0.2) is 11.7 Å². The van der Waals surface area contributed by atoms with Gasteiger partial charge in [0.25, 0.3) is 0 Å². The van der Waals surface area contributed by atoms with E-state index in [0.717, 1.165) is 16.3 Å². The molecule has 0 unspecified atom stereocenters. The van der Waals surface area contributed by atoms with Crippen molar-refractivity contribution in [3.8, 4) is 0 Å². The predicted octanol–water partition coefficient (Wildman–Crippen LogP) is 4.42. The van der Waals surface area contributed by atoms with Crippen molar-refractivity contribution in [2.75, 3.05) is 0 Å². The number of hydrogen-bond donors (Lipinski definition) is 0. The van der Waals surface area contributed by atoms with Crippen LogP contribution >= 0.6 is 0 Å². The van der Waals surface area contributed by atoms with E-state index in [9.17, 15) is 4.79 Å². The van der Waals surface area contributed by atoms with Crippen molar-refractivity contribution in [2.24, 2.45) is 5.16 Å². The first-order valence-electron chi connectivity index (χ1n) is 7.05. The van der Waals surface area contributed by atoms with Crippen molar-refractivity contribution in [3.05, 3.63) is 83.9 Å². The molecule has 0 saturated carbocycles. The average Bonchev–Trinajstić information content (AvgIpc) is 2.59. The molecule has 0 saturated heterocycles. The molecule has 3 aromatic rings. The molecule has 0 aliphatic heterocycles. The van der Waals surface area contributed by atoms with Gasteiger partial charge in [-0.25, -0.2) is 4.79 Å². The third kappa shape index (κ3) is 2.88. The molecule has 3 heteroatoms. The largest absolute Gasteiger partial charge is 0.365 e. The molecule has 0 amide bonds. The zero-order valence-electron chi connectivity index (χ0n) is 12.2. The molecular formula is C19H15NO2. The SMILES string of the molecule is C/C(=N/OC(=O)c1ccccc1)c1cccc2ccccc12. The molecule has 0 aliphatic carbocycles. The maximum Gasteiger partial charge on any atom is 0.365 e. The highest BCUT2D eigenvalue weighted by Gasteiger charge is 2.08. The molecule has 0 N–H and O–H groups in total. The third-order valence-corrected chi connectivity index (χ3v) is 3.45. The van der Waals surface area contributed by atoms with Crippen LogP contribution in [0.25, 0.3) is 10.8 Å². The fraction of sp³-hybridized carbons (Fsp3) is 0.0526. The Hall–Kier alpha value is -2.94. The molecule has 22 heavy (non-hydrogen) atoms. The Balaban J connectivity index is 1.86. The third-order valence-electron chi connectivity index (χ3n) is 3.45. The van der Waals surface area contributed by atoms with E-state index in [4.69, 9.17) is 4.84 Å². The van der Waals surface area contributed by atoms with Crippen LogP contribution in [0.4, 0.5) is 0 Å². The maximum absolute atomic E-state index is 11.9. The van der Waals surface area contributed by atoms with Crippen LogP contribution in [-0.2, 0) is 4.84 Å². The second-order valence-corrected chi connectivity index (χ2v) is 4.95. The van der Waals surface area contributed by atoms with Crippen LogP contribution in [0.15, 0.2) is 78.0 Å². The van der Waals surface area contributed by atoms with Gasteiger partial charge in [-0.3, -0.25) is 0 Å². The predicted molar refractivity (Wildman–Crippen MR) is 88.0 cm³/mol. The quantitative estimate of drug-likeness (QED) is 0.406. The van der Waals surface area contributed by atoms with Crippen LogP contribution in [0.5, 0.6) is 0 Å². The average molecular weight is 289 g/mol. The lowest BCUT2D eigenvalue weighted by Gasteiger charge is -2.05. The number of carbonyl (C=O) groups is 1. The molecule has 108 valence electrons. The molecule has 0 atom stereocenters. The fourth-order valence-corrected chi connectivity index (χ4v) is 2.33. The molecule has 3 rings (SSSR count). The Morgan fingerprint density at radius 3 is 2.36 bits per heavy atom. The minimum atomic E-state index is -0.458. The van der Waals surface area contributed by atoms with E-state index < -0.39 is 5.97 Å². The number of carbonyl (C=O) groups excluding carboxylic acids is 1. The first-order valence-corrected chi connectivity index (χ1v) is 7.05. The summed E-state index contributed by atoms with van der Waals surface area (Å²) >= 11 is 0. The number of nitrogens with zero attached hydrogens (tertiary/aromatic N) is 1. The summed E-state index contributed by atoms with van der Waals surface area (Å²) in [6.07, 6.45) is 0. The summed E-state index contributed by atoms with van der Waals surface area (Å²) in [7, 11) is 0. The van der Waals surface area contributed by atoms with Crippen LogP contribution in [0.1, 0.15) is 22.8 Å². The van der Waals surface area contributed by atoms with Crippen molar-refractivity contribution in [1.82, 2.24) is 0 Å². The number of hydrogen-bond acceptors (Lipinski definition) is 3. The van der Waals surface area contributed by atoms with Gasteiger partial charge in [0.2, 0.25) is 0 Å². The summed E-state index contributed by atoms with van der Waals surface area (Å²) in [5.41, 5.74) is 2.11. The van der Waals surface area contributed by atoms with Crippen LogP contribution in [0.3, 0.4) is 0 Å². The van der Waals surface area contributed by atoms with E-state index >= 15 is 0 Å². The molecule has 0 radical (unpaired) electrons. The van der Waals surface area contributed by atoms with Gasteiger partial charge < -0.3 is 4.84 Å². The van der Waals surface area contributed by atoms with Gasteiger partial charge in [0.05, 0.1) is 11.3 Å². The van der Waals surface area contributed by atoms with E-state index in [1.807, 2.05) is 55.5 Å². The summed E-state index contributed by atoms with van der Waals surface area (Å²) in [4.78, 5) is 17.0. The van der Waals surface area contributed by atoms with Crippen LogP contribution in [0.2, 0.25) is 0 Å². The Morgan fingerprint density at radius 2 is 1.55 bits per heavy atom. The summed E-state index contributed by atoms with van der Waals surface area (Å²) in [5, 5.41) is 6.20. The molecular weight excluding hydrogens is 274 g/mol. The Kier molecular flexibility index (Phi) is 3.97. The highest BCUT2D eigenvalue weighted by atomic mass is 16.7. The van der Waals surface area contributed by atoms with Crippen molar-refractivity contribution in [1.29, 1.82) is 0 Å². The first-order chi connectivity index (χ1) is 10.8. The molecule has 3 aromatic carbocycles. The van der Waals surface area contributed by atoms with Gasteiger partial charge in [-0.1, -0.05) is 65.8 Å². The van der Waals surface area contributed by atoms with Crippen molar-refractivity contribution < 1.29 is 9.63 Å². The standard InChI is InChI=1S/C19H15NO2/c1-14(20-22-19(21)16-9-3-2-4-10-16)17-13-7-11-15-8-5-6-12-18(15)17/h2-13H,1H3/b20-14-. The maximum atomic E-state index is 11.9. The fourth-order valence-electron chi connectivity index (χ4n) is 2.33. The molecule has 3 nitrogen and oxygen atoms in total. The number of oxime groups is 1. The van der Waals surface area contributed by atoms with Gasteiger partial charge >= 0.3 is 5.97 Å². The van der Waals surface area contributed by atoms with Gasteiger partial charge in [-0.15, -0.1) is 0 Å². The first kappa shape index (κ1) is 14.0. The summed E-state index contributed by atoms with van der Waals surface area (Å²) in [5.74, 6) is -0.458. The van der Waals surface area contributed by atoms with Gasteiger partial charge in [-0.2, -0.15) is 0 Å². The van der Waals surface area contributed by atoms with Gasteiger partial charge in [-0.05, 0) is 29.8 Å². The Bertz CT molecular complexity index is 833. The zero-order chi connectivity index (χ0) is 15.4. The summed E-state index contributed by atoms with van der Waals surface area (Å²) < 4.78 is 0. The van der Waals surface area contributed by atoms with Crippen molar-refractivity contribution >= 4 is 22.5 Å². The Morgan fingerprint density at radius 1 is 0.864 bits per heavy atom. The van der Waals surface area contributed by atoms with Gasteiger partial charge in [0.15, 0.2) is 0 Å². The monoisotopic (exact) mass is 289 g/mol.